The van der Waals surface area contributed by atoms with Crippen LogP contribution in [-0.2, 0) is 14.3 Å². The van der Waals surface area contributed by atoms with Gasteiger partial charge in [0.2, 0.25) is 5.91 Å². The van der Waals surface area contributed by atoms with Crippen LogP contribution >= 0.6 is 0 Å². The van der Waals surface area contributed by atoms with Gasteiger partial charge in [-0.2, -0.15) is 0 Å². The fraction of sp³-hybridized carbons (Fsp3) is 0.877. The van der Waals surface area contributed by atoms with Crippen molar-refractivity contribution in [1.82, 2.24) is 5.32 Å². The second-order valence-electron chi connectivity index (χ2n) is 21.7. The van der Waals surface area contributed by atoms with Gasteiger partial charge in [-0.25, -0.2) is 0 Å². The first-order chi connectivity index (χ1) is 35.0. The summed E-state index contributed by atoms with van der Waals surface area (Å²) in [4.78, 5) is 24.6. The number of amides is 1. The molecule has 0 aliphatic carbocycles. The molecule has 0 aliphatic heterocycles. The van der Waals surface area contributed by atoms with Crippen LogP contribution in [0.2, 0.25) is 0 Å². The summed E-state index contributed by atoms with van der Waals surface area (Å²) in [6, 6.07) is -0.639. The van der Waals surface area contributed by atoms with E-state index in [1.165, 1.54) is 257 Å². The Labute approximate surface area is 443 Å². The summed E-state index contributed by atoms with van der Waals surface area (Å²) < 4.78 is 5.49. The van der Waals surface area contributed by atoms with E-state index in [2.05, 4.69) is 43.5 Å². The lowest BCUT2D eigenvalue weighted by Gasteiger charge is -2.20. The van der Waals surface area contributed by atoms with Crippen molar-refractivity contribution in [2.45, 2.75) is 353 Å². The molecule has 0 aliphatic rings. The van der Waals surface area contributed by atoms with Gasteiger partial charge >= 0.3 is 5.97 Å². The molecule has 0 rings (SSSR count). The number of rotatable bonds is 59. The van der Waals surface area contributed by atoms with Gasteiger partial charge in [-0.05, 0) is 83.5 Å². The number of hydrogen-bond donors (Lipinski definition) is 3. The summed E-state index contributed by atoms with van der Waals surface area (Å²) in [6.07, 6.45) is 76.1. The Morgan fingerprint density at radius 3 is 1.00 bits per heavy atom. The number of aliphatic hydroxyl groups excluding tert-OH is 2. The van der Waals surface area contributed by atoms with Gasteiger partial charge in [-0.1, -0.05) is 281 Å². The van der Waals surface area contributed by atoms with Crippen LogP contribution in [0.1, 0.15) is 341 Å². The van der Waals surface area contributed by atoms with Crippen molar-refractivity contribution in [2.24, 2.45) is 0 Å². The molecule has 0 saturated heterocycles. The summed E-state index contributed by atoms with van der Waals surface area (Å²) in [6.45, 7) is 4.90. The van der Waals surface area contributed by atoms with Gasteiger partial charge < -0.3 is 20.3 Å². The molecule has 0 aromatic carbocycles. The normalized spacial score (nSPS) is 12.8. The Kier molecular flexibility index (Phi) is 59.0. The number of allylic oxidation sites excluding steroid dienone is 5. The standard InChI is InChI=1S/C65H123NO5/c1-3-5-7-9-11-13-15-17-19-21-22-26-29-33-37-41-45-49-53-57-63(68)62(61-67)66-64(69)58-54-50-46-42-38-34-30-27-23-24-28-32-36-40-44-48-52-56-60-71-65(70)59-55-51-47-43-39-35-31-25-20-18-16-14-12-10-8-6-4-2/h18,20,27,30,53,57,62-63,67-68H,3-17,19,21-26,28-29,31-52,54-56,58-61H2,1-2H3,(H,66,69)/b20-18-,30-27-,57-53+. The van der Waals surface area contributed by atoms with Crippen LogP contribution in [-0.4, -0.2) is 47.4 Å². The predicted molar refractivity (Wildman–Crippen MR) is 310 cm³/mol. The molecule has 0 spiro atoms. The number of carbonyl (C=O) groups excluding carboxylic acids is 2. The molecule has 3 N–H and O–H groups in total. The summed E-state index contributed by atoms with van der Waals surface area (Å²) in [7, 11) is 0. The Morgan fingerprint density at radius 1 is 0.380 bits per heavy atom. The Balaban J connectivity index is 3.47. The highest BCUT2D eigenvalue weighted by Gasteiger charge is 2.18. The third-order valence-corrected chi connectivity index (χ3v) is 14.6. The zero-order valence-corrected chi connectivity index (χ0v) is 47.7. The number of esters is 1. The van der Waals surface area contributed by atoms with Gasteiger partial charge in [-0.3, -0.25) is 9.59 Å². The second-order valence-corrected chi connectivity index (χ2v) is 21.7. The largest absolute Gasteiger partial charge is 0.466 e. The van der Waals surface area contributed by atoms with Crippen LogP contribution in [0.25, 0.3) is 0 Å². The second kappa shape index (κ2) is 60.6. The molecule has 0 saturated carbocycles. The first-order valence-electron chi connectivity index (χ1n) is 31.8. The first kappa shape index (κ1) is 69.1. The SMILES string of the molecule is CCCCCCCC/C=C\CCCCCCCCCC(=O)OCCCCCCCCCCC/C=C\CCCCCCCC(=O)NC(CO)C(O)/C=C/CCCCCCCCCCCCCCCCCCC. The molecule has 6 nitrogen and oxygen atoms in total. The highest BCUT2D eigenvalue weighted by Crippen LogP contribution is 2.17. The fourth-order valence-corrected chi connectivity index (χ4v) is 9.74. The molecule has 0 fully saturated rings. The van der Waals surface area contributed by atoms with Gasteiger partial charge in [0.05, 0.1) is 25.4 Å². The van der Waals surface area contributed by atoms with Crippen molar-refractivity contribution < 1.29 is 24.5 Å². The lowest BCUT2D eigenvalue weighted by atomic mass is 10.0. The summed E-state index contributed by atoms with van der Waals surface area (Å²) in [5, 5.41) is 23.2. The zero-order valence-electron chi connectivity index (χ0n) is 47.7. The number of carbonyl (C=O) groups is 2. The van der Waals surface area contributed by atoms with Gasteiger partial charge in [0.1, 0.15) is 0 Å². The van der Waals surface area contributed by atoms with E-state index in [1.807, 2.05) is 6.08 Å². The van der Waals surface area contributed by atoms with Crippen LogP contribution in [0, 0.1) is 0 Å². The quantitative estimate of drug-likeness (QED) is 0.0321. The van der Waals surface area contributed by atoms with Gasteiger partial charge in [-0.15, -0.1) is 0 Å². The van der Waals surface area contributed by atoms with Crippen molar-refractivity contribution in [1.29, 1.82) is 0 Å². The molecular formula is C65H123NO5. The molecule has 0 bridgehead atoms. The minimum absolute atomic E-state index is 0.000943. The average molecular weight is 999 g/mol. The topological polar surface area (TPSA) is 95.9 Å². The van der Waals surface area contributed by atoms with E-state index < -0.39 is 12.1 Å². The predicted octanol–water partition coefficient (Wildman–Crippen LogP) is 20.0. The summed E-state index contributed by atoms with van der Waals surface area (Å²) in [5.74, 6) is -0.0811. The number of hydrogen-bond acceptors (Lipinski definition) is 5. The van der Waals surface area contributed by atoms with E-state index in [0.717, 1.165) is 57.8 Å². The van der Waals surface area contributed by atoms with E-state index >= 15 is 0 Å². The van der Waals surface area contributed by atoms with Crippen LogP contribution in [0.15, 0.2) is 36.5 Å². The van der Waals surface area contributed by atoms with Gasteiger partial charge in [0, 0.05) is 12.8 Å². The van der Waals surface area contributed by atoms with Gasteiger partial charge in [0.25, 0.3) is 0 Å². The van der Waals surface area contributed by atoms with Crippen molar-refractivity contribution in [3.05, 3.63) is 36.5 Å². The fourth-order valence-electron chi connectivity index (χ4n) is 9.74. The molecule has 418 valence electrons. The molecule has 0 aromatic heterocycles. The molecule has 0 heterocycles. The van der Waals surface area contributed by atoms with Crippen LogP contribution < -0.4 is 5.32 Å². The van der Waals surface area contributed by atoms with E-state index in [1.54, 1.807) is 6.08 Å². The van der Waals surface area contributed by atoms with Crippen molar-refractivity contribution in [2.75, 3.05) is 13.2 Å². The number of aliphatic hydroxyl groups is 2. The minimum Gasteiger partial charge on any atom is -0.466 e. The van der Waals surface area contributed by atoms with Crippen molar-refractivity contribution in [3.63, 3.8) is 0 Å². The molecule has 6 heteroatoms. The summed E-state index contributed by atoms with van der Waals surface area (Å²) >= 11 is 0. The highest BCUT2D eigenvalue weighted by atomic mass is 16.5. The molecule has 2 unspecified atom stereocenters. The van der Waals surface area contributed by atoms with E-state index in [9.17, 15) is 19.8 Å². The van der Waals surface area contributed by atoms with Crippen molar-refractivity contribution >= 4 is 11.9 Å². The Bertz CT molecular complexity index is 1150. The lowest BCUT2D eigenvalue weighted by Crippen LogP contribution is -2.45. The van der Waals surface area contributed by atoms with Crippen LogP contribution in [0.5, 0.6) is 0 Å². The van der Waals surface area contributed by atoms with E-state index in [4.69, 9.17) is 4.74 Å². The molecular weight excluding hydrogens is 875 g/mol. The van der Waals surface area contributed by atoms with E-state index in [0.29, 0.717) is 19.4 Å². The Hall–Kier alpha value is -1.92. The molecule has 2 atom stereocenters. The monoisotopic (exact) mass is 998 g/mol. The van der Waals surface area contributed by atoms with Gasteiger partial charge in [0.15, 0.2) is 0 Å². The summed E-state index contributed by atoms with van der Waals surface area (Å²) in [5.41, 5.74) is 0. The molecule has 0 aromatic rings. The third-order valence-electron chi connectivity index (χ3n) is 14.6. The zero-order chi connectivity index (χ0) is 51.4. The maximum Gasteiger partial charge on any atom is 0.305 e. The lowest BCUT2D eigenvalue weighted by molar-refractivity contribution is -0.143. The first-order valence-corrected chi connectivity index (χ1v) is 31.8. The average Bonchev–Trinajstić information content (AvgIpc) is 3.37. The van der Waals surface area contributed by atoms with E-state index in [-0.39, 0.29) is 18.5 Å². The highest BCUT2D eigenvalue weighted by molar-refractivity contribution is 5.76. The van der Waals surface area contributed by atoms with Crippen molar-refractivity contribution in [3.8, 4) is 0 Å². The smallest absolute Gasteiger partial charge is 0.305 e. The molecule has 0 radical (unpaired) electrons. The van der Waals surface area contributed by atoms with Crippen LogP contribution in [0.3, 0.4) is 0 Å². The third kappa shape index (κ3) is 57.2. The maximum atomic E-state index is 12.5. The number of nitrogens with one attached hydrogen (secondary N) is 1. The van der Waals surface area contributed by atoms with Crippen LogP contribution in [0.4, 0.5) is 0 Å². The minimum atomic E-state index is -0.854. The number of unbranched alkanes of at least 4 members (excludes halogenated alkanes) is 44. The Morgan fingerprint density at radius 2 is 0.662 bits per heavy atom. The molecule has 71 heavy (non-hydrogen) atoms. The molecule has 1 amide bonds. The maximum absolute atomic E-state index is 12.5. The number of ether oxygens (including phenoxy) is 1.